The first-order chi connectivity index (χ1) is 20.5. The smallest absolute Gasteiger partial charge is 0.353 e. The van der Waals surface area contributed by atoms with Gasteiger partial charge in [-0.05, 0) is 48.4 Å². The van der Waals surface area contributed by atoms with Crippen LogP contribution in [0.3, 0.4) is 0 Å². The summed E-state index contributed by atoms with van der Waals surface area (Å²) in [4.78, 5) is 55.4. The molecular formula is C26H37N11O5S. The minimum absolute atomic E-state index is 0.00633. The first kappa shape index (κ1) is 29.3. The summed E-state index contributed by atoms with van der Waals surface area (Å²) in [5.74, 6) is -1.76. The molecule has 7 N–H and O–H groups in total. The minimum Gasteiger partial charge on any atom is -0.477 e. The van der Waals surface area contributed by atoms with Gasteiger partial charge in [-0.1, -0.05) is 6.92 Å². The molecule has 17 heteroatoms. The molecule has 6 rings (SSSR count). The Labute approximate surface area is 252 Å². The Bertz CT molecular complexity index is 1340. The molecule has 3 unspecified atom stereocenters. The average Bonchev–Trinajstić information content (AvgIpc) is 3.74. The van der Waals surface area contributed by atoms with E-state index in [1.165, 1.54) is 27.7 Å². The van der Waals surface area contributed by atoms with Gasteiger partial charge in [-0.25, -0.2) is 9.48 Å². The zero-order valence-electron chi connectivity index (χ0n) is 24.0. The summed E-state index contributed by atoms with van der Waals surface area (Å²) in [6, 6.07) is -1.03. The number of hydrogen-bond donors (Lipinski definition) is 6. The largest absolute Gasteiger partial charge is 0.477 e. The number of carbonyl (C=O) groups excluding carboxylic acids is 3. The monoisotopic (exact) mass is 615 g/mol. The van der Waals surface area contributed by atoms with Crippen LogP contribution in [0.4, 0.5) is 0 Å². The number of nitrogens with zero attached hydrogens (tertiary/aromatic N) is 6. The van der Waals surface area contributed by atoms with Gasteiger partial charge in [0.25, 0.3) is 0 Å². The lowest BCUT2D eigenvalue weighted by atomic mass is 9.78. The average molecular weight is 616 g/mol. The number of aromatic nitrogens is 4. The molecule has 4 fully saturated rings. The van der Waals surface area contributed by atoms with E-state index in [1.807, 2.05) is 11.8 Å². The SMILES string of the molecule is C[C@H]1C(S[C@@H]2CN[C@H](C(=O)N3CC4CC(NC(=N)N)CC4C3)C2)=C(C(=O)O)N2C(=O)[C@H]([C@@H](C)NC(=O)Cn3cnnn3)C12. The van der Waals surface area contributed by atoms with Crippen molar-refractivity contribution in [2.75, 3.05) is 19.6 Å². The third kappa shape index (κ3) is 5.43. The Balaban J connectivity index is 1.05. The Kier molecular flexibility index (Phi) is 7.78. The number of aliphatic carboxylic acids is 1. The number of carboxylic acid groups (broad SMARTS) is 1. The van der Waals surface area contributed by atoms with E-state index >= 15 is 0 Å². The number of nitrogens with two attached hydrogens (primary N) is 1. The van der Waals surface area contributed by atoms with Gasteiger partial charge in [0.1, 0.15) is 18.6 Å². The summed E-state index contributed by atoms with van der Waals surface area (Å²) in [6.45, 7) is 5.54. The molecule has 0 aromatic carbocycles. The molecule has 1 aromatic rings. The van der Waals surface area contributed by atoms with Crippen LogP contribution < -0.4 is 21.7 Å². The van der Waals surface area contributed by atoms with Crippen molar-refractivity contribution in [1.29, 1.82) is 5.41 Å². The van der Waals surface area contributed by atoms with Crippen LogP contribution in [0.15, 0.2) is 16.9 Å². The highest BCUT2D eigenvalue weighted by molar-refractivity contribution is 8.03. The number of amides is 3. The first-order valence-electron chi connectivity index (χ1n) is 14.6. The zero-order chi connectivity index (χ0) is 30.6. The van der Waals surface area contributed by atoms with Gasteiger partial charge in [-0.3, -0.25) is 19.8 Å². The van der Waals surface area contributed by atoms with Gasteiger partial charge < -0.3 is 36.6 Å². The van der Waals surface area contributed by atoms with E-state index in [-0.39, 0.29) is 65.2 Å². The van der Waals surface area contributed by atoms with Crippen LogP contribution in [0.5, 0.6) is 0 Å². The molecule has 3 saturated heterocycles. The molecule has 1 aliphatic carbocycles. The maximum absolute atomic E-state index is 13.4. The van der Waals surface area contributed by atoms with Crippen molar-refractivity contribution in [2.24, 2.45) is 29.4 Å². The van der Waals surface area contributed by atoms with Crippen LogP contribution in [0.2, 0.25) is 0 Å². The van der Waals surface area contributed by atoms with Crippen LogP contribution in [-0.2, 0) is 25.7 Å². The molecular weight excluding hydrogens is 578 g/mol. The first-order valence-corrected chi connectivity index (χ1v) is 15.5. The van der Waals surface area contributed by atoms with Crippen molar-refractivity contribution in [1.82, 2.24) is 46.0 Å². The summed E-state index contributed by atoms with van der Waals surface area (Å²) in [5.41, 5.74) is 5.50. The number of likely N-dealkylation sites (tertiary alicyclic amines) is 1. The standard InChI is InChI=1S/C26H37N11O5S/c1-11-20-19(12(2)31-18(38)9-36-10-30-33-34-36)24(40)37(20)21(25(41)42)22(11)43-16-5-17(29-6-16)23(39)35-7-13-3-15(32-26(27)28)4-14(13)8-35/h10-17,19-20,29H,3-9H2,1-2H3,(H,31,38)(H,41,42)(H4,27,28,32)/t11-,12-,13?,14?,15?,16+,17+,19-,20?/m1/s1. The number of β-lactam (4-membered cyclic amide) rings is 1. The highest BCUT2D eigenvalue weighted by Crippen LogP contribution is 2.52. The molecule has 0 spiro atoms. The molecule has 8 atom stereocenters. The van der Waals surface area contributed by atoms with Crippen molar-refractivity contribution in [3.05, 3.63) is 16.9 Å². The van der Waals surface area contributed by atoms with Gasteiger partial charge in [0.05, 0.1) is 18.0 Å². The quantitative estimate of drug-likeness (QED) is 0.102. The highest BCUT2D eigenvalue weighted by atomic mass is 32.2. The van der Waals surface area contributed by atoms with E-state index < -0.39 is 17.9 Å². The number of carbonyl (C=O) groups is 4. The van der Waals surface area contributed by atoms with Crippen LogP contribution in [0, 0.1) is 29.1 Å². The van der Waals surface area contributed by atoms with Crippen molar-refractivity contribution in [3.8, 4) is 0 Å². The Morgan fingerprint density at radius 2 is 1.98 bits per heavy atom. The van der Waals surface area contributed by atoms with Gasteiger partial charge >= 0.3 is 5.97 Å². The van der Waals surface area contributed by atoms with E-state index in [4.69, 9.17) is 11.1 Å². The molecule has 1 saturated carbocycles. The Morgan fingerprint density at radius 3 is 2.60 bits per heavy atom. The summed E-state index contributed by atoms with van der Waals surface area (Å²) in [6.07, 6.45) is 3.68. The van der Waals surface area contributed by atoms with Gasteiger partial charge in [0.15, 0.2) is 5.96 Å². The number of rotatable bonds is 9. The number of tetrazole rings is 1. The molecule has 232 valence electrons. The minimum atomic E-state index is -1.15. The summed E-state index contributed by atoms with van der Waals surface area (Å²) in [7, 11) is 0. The molecule has 0 bridgehead atoms. The van der Waals surface area contributed by atoms with Gasteiger partial charge in [0.2, 0.25) is 17.7 Å². The van der Waals surface area contributed by atoms with Gasteiger partial charge in [-0.15, -0.1) is 16.9 Å². The molecule has 5 heterocycles. The Hall–Kier alpha value is -3.73. The fourth-order valence-electron chi connectivity index (χ4n) is 7.68. The molecule has 0 radical (unpaired) electrons. The van der Waals surface area contributed by atoms with Crippen LogP contribution in [-0.4, -0.2) is 114 Å². The molecule has 43 heavy (non-hydrogen) atoms. The number of guanidine groups is 1. The van der Waals surface area contributed by atoms with E-state index in [0.29, 0.717) is 42.8 Å². The predicted molar refractivity (Wildman–Crippen MR) is 153 cm³/mol. The fourth-order valence-corrected chi connectivity index (χ4v) is 9.16. The van der Waals surface area contributed by atoms with Crippen molar-refractivity contribution in [3.63, 3.8) is 0 Å². The maximum atomic E-state index is 13.4. The van der Waals surface area contributed by atoms with E-state index in [1.54, 1.807) is 6.92 Å². The molecule has 16 nitrogen and oxygen atoms in total. The van der Waals surface area contributed by atoms with Crippen LogP contribution in [0.25, 0.3) is 0 Å². The number of thioether (sulfide) groups is 1. The van der Waals surface area contributed by atoms with E-state index in [2.05, 4.69) is 31.5 Å². The van der Waals surface area contributed by atoms with Crippen LogP contribution >= 0.6 is 11.8 Å². The van der Waals surface area contributed by atoms with E-state index in [0.717, 1.165) is 12.8 Å². The number of fused-ring (bicyclic) bond motifs is 2. The van der Waals surface area contributed by atoms with Gasteiger partial charge in [-0.2, -0.15) is 0 Å². The van der Waals surface area contributed by atoms with Crippen molar-refractivity contribution in [2.45, 2.75) is 69.1 Å². The lowest BCUT2D eigenvalue weighted by molar-refractivity contribution is -0.158. The lowest BCUT2D eigenvalue weighted by Gasteiger charge is -2.47. The number of carboxylic acids is 1. The van der Waals surface area contributed by atoms with Crippen molar-refractivity contribution >= 4 is 41.4 Å². The lowest BCUT2D eigenvalue weighted by Crippen LogP contribution is -2.66. The zero-order valence-corrected chi connectivity index (χ0v) is 24.8. The van der Waals surface area contributed by atoms with Crippen LogP contribution in [0.1, 0.15) is 33.1 Å². The molecule has 1 aromatic heterocycles. The molecule has 3 amide bonds. The van der Waals surface area contributed by atoms with E-state index in [9.17, 15) is 24.3 Å². The summed E-state index contributed by atoms with van der Waals surface area (Å²) >= 11 is 1.44. The topological polar surface area (TPSA) is 225 Å². The summed E-state index contributed by atoms with van der Waals surface area (Å²) < 4.78 is 1.28. The predicted octanol–water partition coefficient (Wildman–Crippen LogP) is -1.87. The highest BCUT2D eigenvalue weighted by Gasteiger charge is 2.60. The third-order valence-electron chi connectivity index (χ3n) is 9.52. The number of hydrogen-bond acceptors (Lipinski definition) is 10. The van der Waals surface area contributed by atoms with Crippen molar-refractivity contribution < 1.29 is 24.3 Å². The maximum Gasteiger partial charge on any atom is 0.353 e. The Morgan fingerprint density at radius 1 is 1.26 bits per heavy atom. The normalized spacial score (nSPS) is 33.7. The molecule has 5 aliphatic rings. The second-order valence-electron chi connectivity index (χ2n) is 12.3. The number of nitrogens with one attached hydrogen (secondary N) is 4. The second-order valence-corrected chi connectivity index (χ2v) is 13.7. The third-order valence-corrected chi connectivity index (χ3v) is 11.0. The van der Waals surface area contributed by atoms with Gasteiger partial charge in [0, 0.05) is 47.8 Å². The molecule has 4 aliphatic heterocycles. The summed E-state index contributed by atoms with van der Waals surface area (Å²) in [5, 5.41) is 37.4. The second kappa shape index (κ2) is 11.4. The fraction of sp³-hybridized carbons (Fsp3) is 0.692.